The third-order valence-corrected chi connectivity index (χ3v) is 3.14. The van der Waals surface area contributed by atoms with Crippen molar-refractivity contribution in [1.29, 1.82) is 0 Å². The minimum Gasteiger partial charge on any atom is -0.391 e. The second kappa shape index (κ2) is 5.08. The van der Waals surface area contributed by atoms with E-state index < -0.39 is 0 Å². The number of benzene rings is 1. The lowest BCUT2D eigenvalue weighted by molar-refractivity contribution is 0.188. The monoisotopic (exact) mass is 256 g/mol. The molecule has 1 aromatic rings. The van der Waals surface area contributed by atoms with Gasteiger partial charge in [0.05, 0.1) is 11.8 Å². The lowest BCUT2D eigenvalue weighted by Gasteiger charge is -2.15. The van der Waals surface area contributed by atoms with Crippen molar-refractivity contribution in [3.63, 3.8) is 0 Å². The fraction of sp³-hybridized carbons (Fsp3) is 0.364. The molecule has 1 saturated heterocycles. The van der Waals surface area contributed by atoms with Gasteiger partial charge in [-0.1, -0.05) is 11.6 Å². The molecular weight excluding hydrogens is 244 g/mol. The highest BCUT2D eigenvalue weighted by molar-refractivity contribution is 7.96. The molecule has 1 aliphatic rings. The summed E-state index contributed by atoms with van der Waals surface area (Å²) < 4.78 is 0. The second-order valence-corrected chi connectivity index (χ2v) is 4.61. The molecule has 5 heteroatoms. The largest absolute Gasteiger partial charge is 0.391 e. The number of aliphatic imine (C=N–C) groups is 1. The molecule has 1 N–H and O–H groups in total. The molecular formula is C11H13ClN2OS. The van der Waals surface area contributed by atoms with Crippen LogP contribution in [-0.2, 0) is 0 Å². The molecule has 1 aromatic carbocycles. The predicted molar refractivity (Wildman–Crippen MR) is 69.7 cm³/mol. The molecule has 2 rings (SSSR count). The van der Waals surface area contributed by atoms with Gasteiger partial charge in [0.15, 0.2) is 5.17 Å². The van der Waals surface area contributed by atoms with E-state index in [2.05, 4.69) is 17.6 Å². The van der Waals surface area contributed by atoms with Crippen molar-refractivity contribution < 1.29 is 5.11 Å². The molecule has 0 radical (unpaired) electrons. The van der Waals surface area contributed by atoms with Crippen LogP contribution in [0.3, 0.4) is 0 Å². The topological polar surface area (TPSA) is 35.8 Å². The SMILES string of the molecule is O[C@@H]1CCN(/C(S)=N/c2ccc(Cl)cc2)C1. The third-order valence-electron chi connectivity index (χ3n) is 2.50. The summed E-state index contributed by atoms with van der Waals surface area (Å²) in [5, 5.41) is 10.7. The quantitative estimate of drug-likeness (QED) is 0.460. The molecule has 16 heavy (non-hydrogen) atoms. The van der Waals surface area contributed by atoms with E-state index in [-0.39, 0.29) is 6.10 Å². The molecule has 0 aliphatic carbocycles. The lowest BCUT2D eigenvalue weighted by Crippen LogP contribution is -2.25. The van der Waals surface area contributed by atoms with Crippen LogP contribution in [0.15, 0.2) is 29.3 Å². The number of halogens is 1. The van der Waals surface area contributed by atoms with Gasteiger partial charge in [0.1, 0.15) is 0 Å². The summed E-state index contributed by atoms with van der Waals surface area (Å²) >= 11 is 10.1. The maximum Gasteiger partial charge on any atom is 0.161 e. The second-order valence-electron chi connectivity index (χ2n) is 3.78. The maximum atomic E-state index is 9.40. The van der Waals surface area contributed by atoms with Gasteiger partial charge in [0.2, 0.25) is 0 Å². The molecule has 1 fully saturated rings. The van der Waals surface area contributed by atoms with Crippen molar-refractivity contribution in [2.24, 2.45) is 4.99 Å². The van der Waals surface area contributed by atoms with Gasteiger partial charge < -0.3 is 10.0 Å². The maximum absolute atomic E-state index is 9.40. The van der Waals surface area contributed by atoms with Gasteiger partial charge in [0, 0.05) is 18.1 Å². The summed E-state index contributed by atoms with van der Waals surface area (Å²) in [6, 6.07) is 7.26. The highest BCUT2D eigenvalue weighted by Gasteiger charge is 2.21. The minimum atomic E-state index is -0.262. The van der Waals surface area contributed by atoms with Crippen molar-refractivity contribution in [3.05, 3.63) is 29.3 Å². The molecule has 0 saturated carbocycles. The smallest absolute Gasteiger partial charge is 0.161 e. The van der Waals surface area contributed by atoms with Crippen LogP contribution >= 0.6 is 24.2 Å². The number of thiol groups is 1. The standard InChI is InChI=1S/C11H13ClN2OS/c12-8-1-3-9(4-2-8)13-11(16)14-6-5-10(15)7-14/h1-4,10,15H,5-7H2,(H,13,16)/t10-/m1/s1. The Morgan fingerprint density at radius 2 is 2.12 bits per heavy atom. The highest BCUT2D eigenvalue weighted by Crippen LogP contribution is 2.19. The summed E-state index contributed by atoms with van der Waals surface area (Å²) in [6.45, 7) is 1.41. The Hall–Kier alpha value is -0.710. The van der Waals surface area contributed by atoms with E-state index in [0.29, 0.717) is 16.7 Å². The van der Waals surface area contributed by atoms with E-state index in [9.17, 15) is 5.11 Å². The molecule has 0 unspecified atom stereocenters. The molecule has 1 heterocycles. The fourth-order valence-corrected chi connectivity index (χ4v) is 2.05. The van der Waals surface area contributed by atoms with Gasteiger partial charge in [-0.25, -0.2) is 4.99 Å². The number of likely N-dealkylation sites (tertiary alicyclic amines) is 1. The summed E-state index contributed by atoms with van der Waals surface area (Å²) in [5.74, 6) is 0. The van der Waals surface area contributed by atoms with Crippen LogP contribution in [0.2, 0.25) is 5.02 Å². The first-order valence-corrected chi connectivity index (χ1v) is 5.94. The van der Waals surface area contributed by atoms with Crippen LogP contribution in [0, 0.1) is 0 Å². The van der Waals surface area contributed by atoms with Crippen molar-refractivity contribution >= 4 is 35.1 Å². The van der Waals surface area contributed by atoms with E-state index in [4.69, 9.17) is 11.6 Å². The Labute approximate surface area is 105 Å². The zero-order valence-corrected chi connectivity index (χ0v) is 10.3. The van der Waals surface area contributed by atoms with Crippen LogP contribution in [-0.4, -0.2) is 34.4 Å². The number of aliphatic hydroxyl groups excluding tert-OH is 1. The summed E-state index contributed by atoms with van der Waals surface area (Å²) in [5.41, 5.74) is 0.816. The van der Waals surface area contributed by atoms with Gasteiger partial charge in [-0.05, 0) is 30.7 Å². The van der Waals surface area contributed by atoms with E-state index in [0.717, 1.165) is 18.7 Å². The van der Waals surface area contributed by atoms with E-state index in [1.807, 2.05) is 17.0 Å². The van der Waals surface area contributed by atoms with Gasteiger partial charge in [0.25, 0.3) is 0 Å². The van der Waals surface area contributed by atoms with Crippen LogP contribution in [0.5, 0.6) is 0 Å². The number of aliphatic hydroxyl groups is 1. The first-order chi connectivity index (χ1) is 7.65. The van der Waals surface area contributed by atoms with Crippen molar-refractivity contribution in [2.75, 3.05) is 13.1 Å². The average Bonchev–Trinajstić information content (AvgIpc) is 2.68. The Bertz CT molecular complexity index is 393. The first kappa shape index (κ1) is 11.8. The number of rotatable bonds is 1. The minimum absolute atomic E-state index is 0.262. The Kier molecular flexibility index (Phi) is 3.74. The number of hydrogen-bond donors (Lipinski definition) is 2. The molecule has 1 atom stereocenters. The zero-order valence-electron chi connectivity index (χ0n) is 8.67. The van der Waals surface area contributed by atoms with E-state index >= 15 is 0 Å². The molecule has 3 nitrogen and oxygen atoms in total. The van der Waals surface area contributed by atoms with Gasteiger partial charge in [-0.3, -0.25) is 0 Å². The number of amidine groups is 1. The highest BCUT2D eigenvalue weighted by atomic mass is 35.5. The molecule has 86 valence electrons. The Morgan fingerprint density at radius 1 is 1.44 bits per heavy atom. The Morgan fingerprint density at radius 3 is 2.69 bits per heavy atom. The molecule has 1 aliphatic heterocycles. The molecule has 0 spiro atoms. The van der Waals surface area contributed by atoms with Crippen LogP contribution in [0.4, 0.5) is 5.69 Å². The normalized spacial score (nSPS) is 21.6. The molecule has 0 amide bonds. The summed E-state index contributed by atoms with van der Waals surface area (Å²) in [7, 11) is 0. The third kappa shape index (κ3) is 2.90. The average molecular weight is 257 g/mol. The van der Waals surface area contributed by atoms with Crippen molar-refractivity contribution in [2.45, 2.75) is 12.5 Å². The lowest BCUT2D eigenvalue weighted by atomic mass is 10.3. The van der Waals surface area contributed by atoms with Gasteiger partial charge >= 0.3 is 0 Å². The Balaban J connectivity index is 2.08. The zero-order chi connectivity index (χ0) is 11.5. The van der Waals surface area contributed by atoms with Crippen LogP contribution in [0.25, 0.3) is 0 Å². The fourth-order valence-electron chi connectivity index (χ4n) is 1.63. The van der Waals surface area contributed by atoms with Gasteiger partial charge in [-0.15, -0.1) is 12.6 Å². The number of nitrogens with zero attached hydrogens (tertiary/aromatic N) is 2. The van der Waals surface area contributed by atoms with E-state index in [1.54, 1.807) is 12.1 Å². The van der Waals surface area contributed by atoms with Crippen LogP contribution < -0.4 is 0 Å². The molecule has 0 bridgehead atoms. The van der Waals surface area contributed by atoms with Gasteiger partial charge in [-0.2, -0.15) is 0 Å². The van der Waals surface area contributed by atoms with Crippen molar-refractivity contribution in [1.82, 2.24) is 4.90 Å². The number of hydrogen-bond acceptors (Lipinski definition) is 2. The number of β-amino-alcohol motifs (C(OH)–C–C–N with tert-alkyl or cyclic N) is 1. The predicted octanol–water partition coefficient (Wildman–Crippen LogP) is 2.32. The molecule has 0 aromatic heterocycles. The van der Waals surface area contributed by atoms with Crippen LogP contribution in [0.1, 0.15) is 6.42 Å². The summed E-state index contributed by atoms with van der Waals surface area (Å²) in [6.07, 6.45) is 0.516. The summed E-state index contributed by atoms with van der Waals surface area (Å²) in [4.78, 5) is 6.31. The van der Waals surface area contributed by atoms with Crippen molar-refractivity contribution in [3.8, 4) is 0 Å². The van der Waals surface area contributed by atoms with E-state index in [1.165, 1.54) is 0 Å². The first-order valence-electron chi connectivity index (χ1n) is 5.11.